The number of nitrogens with zero attached hydrogens (tertiary/aromatic N) is 1. The molecule has 1 aliphatic heterocycles. The Morgan fingerprint density at radius 1 is 1.26 bits per heavy atom. The summed E-state index contributed by atoms with van der Waals surface area (Å²) in [4.78, 5) is 3.86. The van der Waals surface area contributed by atoms with E-state index in [1.165, 1.54) is 16.0 Å². The second-order valence-corrected chi connectivity index (χ2v) is 6.22. The molecule has 0 saturated carbocycles. The predicted octanol–water partition coefficient (Wildman–Crippen LogP) is 4.44. The van der Waals surface area contributed by atoms with Crippen molar-refractivity contribution in [2.24, 2.45) is 0 Å². The fourth-order valence-corrected chi connectivity index (χ4v) is 4.13. The highest BCUT2D eigenvalue weighted by molar-refractivity contribution is 7.10. The Morgan fingerprint density at radius 3 is 2.74 bits per heavy atom. The molecule has 2 heterocycles. The molecular formula is C15H17Cl2NS. The minimum absolute atomic E-state index is 0. The maximum absolute atomic E-state index is 6.32. The molecule has 0 radical (unpaired) electrons. The summed E-state index contributed by atoms with van der Waals surface area (Å²) in [5, 5.41) is 3.04. The van der Waals surface area contributed by atoms with E-state index in [-0.39, 0.29) is 12.4 Å². The minimum Gasteiger partial charge on any atom is -0.305 e. The number of hydrogen-bond donors (Lipinski definition) is 0. The van der Waals surface area contributed by atoms with Gasteiger partial charge < -0.3 is 4.90 Å². The van der Waals surface area contributed by atoms with Crippen LogP contribution in [-0.2, 0) is 6.42 Å². The van der Waals surface area contributed by atoms with Gasteiger partial charge in [0.15, 0.2) is 0 Å². The number of fused-ring (bicyclic) bond motifs is 1. The van der Waals surface area contributed by atoms with Crippen LogP contribution in [0.15, 0.2) is 35.7 Å². The molecule has 0 bridgehead atoms. The zero-order valence-corrected chi connectivity index (χ0v) is 13.2. The summed E-state index contributed by atoms with van der Waals surface area (Å²) in [7, 11) is 2.19. The van der Waals surface area contributed by atoms with Gasteiger partial charge in [-0.25, -0.2) is 0 Å². The molecule has 0 aliphatic carbocycles. The van der Waals surface area contributed by atoms with Crippen molar-refractivity contribution >= 4 is 35.3 Å². The number of likely N-dealkylation sites (N-methyl/N-ethyl adjacent to an activating group) is 1. The van der Waals surface area contributed by atoms with Crippen molar-refractivity contribution < 1.29 is 0 Å². The van der Waals surface area contributed by atoms with Gasteiger partial charge in [0.05, 0.1) is 5.02 Å². The van der Waals surface area contributed by atoms with E-state index in [0.29, 0.717) is 5.92 Å². The van der Waals surface area contributed by atoms with Crippen molar-refractivity contribution in [1.82, 2.24) is 4.90 Å². The average Bonchev–Trinajstić information content (AvgIpc) is 2.66. The highest BCUT2D eigenvalue weighted by atomic mass is 35.5. The van der Waals surface area contributed by atoms with Gasteiger partial charge in [-0.15, -0.1) is 23.7 Å². The summed E-state index contributed by atoms with van der Waals surface area (Å²) >= 11 is 8.13. The van der Waals surface area contributed by atoms with Crippen molar-refractivity contribution in [3.05, 3.63) is 56.7 Å². The SMILES string of the molecule is CN1CCc2c(Cl)csc2C(c2ccccc2)C1.Cl. The molecule has 1 atom stereocenters. The van der Waals surface area contributed by atoms with Crippen molar-refractivity contribution in [2.75, 3.05) is 20.1 Å². The topological polar surface area (TPSA) is 3.24 Å². The minimum atomic E-state index is 0. The first-order chi connectivity index (χ1) is 8.75. The maximum Gasteiger partial charge on any atom is 0.0548 e. The molecule has 0 N–H and O–H groups in total. The zero-order valence-electron chi connectivity index (χ0n) is 10.8. The maximum atomic E-state index is 6.32. The lowest BCUT2D eigenvalue weighted by Crippen LogP contribution is -2.24. The molecule has 19 heavy (non-hydrogen) atoms. The zero-order chi connectivity index (χ0) is 12.5. The van der Waals surface area contributed by atoms with Gasteiger partial charge >= 0.3 is 0 Å². The van der Waals surface area contributed by atoms with Gasteiger partial charge in [-0.05, 0) is 24.6 Å². The van der Waals surface area contributed by atoms with Crippen molar-refractivity contribution in [2.45, 2.75) is 12.3 Å². The second-order valence-electron chi connectivity index (χ2n) is 4.90. The Bertz CT molecular complexity index is 538. The lowest BCUT2D eigenvalue weighted by atomic mass is 9.95. The summed E-state index contributed by atoms with van der Waals surface area (Å²) in [5.41, 5.74) is 2.76. The van der Waals surface area contributed by atoms with Crippen LogP contribution in [0.25, 0.3) is 0 Å². The molecule has 1 aromatic carbocycles. The standard InChI is InChI=1S/C15H16ClNS.ClH/c1-17-8-7-12-14(16)10-18-15(12)13(9-17)11-5-3-2-4-6-11;/h2-6,10,13H,7-9H2,1H3;1H. The molecule has 102 valence electrons. The quantitative estimate of drug-likeness (QED) is 0.752. The van der Waals surface area contributed by atoms with Crippen LogP contribution in [0.1, 0.15) is 21.9 Å². The molecule has 3 rings (SSSR count). The normalized spacial score (nSPS) is 19.4. The van der Waals surface area contributed by atoms with E-state index in [1.54, 1.807) is 0 Å². The Morgan fingerprint density at radius 2 is 2.00 bits per heavy atom. The van der Waals surface area contributed by atoms with Crippen LogP contribution in [-0.4, -0.2) is 25.0 Å². The smallest absolute Gasteiger partial charge is 0.0548 e. The van der Waals surface area contributed by atoms with Crippen LogP contribution in [0.3, 0.4) is 0 Å². The highest BCUT2D eigenvalue weighted by Gasteiger charge is 2.25. The van der Waals surface area contributed by atoms with Crippen LogP contribution in [0, 0.1) is 0 Å². The highest BCUT2D eigenvalue weighted by Crippen LogP contribution is 2.38. The van der Waals surface area contributed by atoms with Crippen molar-refractivity contribution in [1.29, 1.82) is 0 Å². The predicted molar refractivity (Wildman–Crippen MR) is 86.1 cm³/mol. The summed E-state index contributed by atoms with van der Waals surface area (Å²) in [6, 6.07) is 10.8. The van der Waals surface area contributed by atoms with E-state index in [9.17, 15) is 0 Å². The molecule has 1 nitrogen and oxygen atoms in total. The second kappa shape index (κ2) is 6.27. The third-order valence-corrected chi connectivity index (χ3v) is 5.24. The largest absolute Gasteiger partial charge is 0.305 e. The van der Waals surface area contributed by atoms with Gasteiger partial charge in [-0.2, -0.15) is 0 Å². The van der Waals surface area contributed by atoms with Gasteiger partial charge in [-0.1, -0.05) is 41.9 Å². The average molecular weight is 314 g/mol. The number of thiophene rings is 1. The summed E-state index contributed by atoms with van der Waals surface area (Å²) in [5.74, 6) is 0.464. The molecule has 4 heteroatoms. The van der Waals surface area contributed by atoms with Crippen LogP contribution < -0.4 is 0 Å². The molecule has 2 aromatic rings. The van der Waals surface area contributed by atoms with Gasteiger partial charge in [-0.3, -0.25) is 0 Å². The van der Waals surface area contributed by atoms with Crippen LogP contribution in [0.4, 0.5) is 0 Å². The molecule has 1 aromatic heterocycles. The van der Waals surface area contributed by atoms with Crippen LogP contribution in [0.5, 0.6) is 0 Å². The van der Waals surface area contributed by atoms with E-state index in [1.807, 2.05) is 11.3 Å². The third-order valence-electron chi connectivity index (χ3n) is 3.63. The fourth-order valence-electron chi connectivity index (χ4n) is 2.64. The molecular weight excluding hydrogens is 297 g/mol. The van der Waals surface area contributed by atoms with E-state index in [4.69, 9.17) is 11.6 Å². The number of rotatable bonds is 1. The van der Waals surface area contributed by atoms with Crippen LogP contribution >= 0.6 is 35.3 Å². The first-order valence-electron chi connectivity index (χ1n) is 6.25. The number of benzene rings is 1. The Kier molecular flexibility index (Phi) is 4.91. The lowest BCUT2D eigenvalue weighted by Gasteiger charge is -2.20. The first kappa shape index (κ1) is 14.9. The Hall–Kier alpha value is -0.540. The molecule has 0 fully saturated rings. The monoisotopic (exact) mass is 313 g/mol. The van der Waals surface area contributed by atoms with E-state index in [0.717, 1.165) is 24.5 Å². The van der Waals surface area contributed by atoms with Gasteiger partial charge in [0.25, 0.3) is 0 Å². The molecule has 1 unspecified atom stereocenters. The molecule has 0 saturated heterocycles. The lowest BCUT2D eigenvalue weighted by molar-refractivity contribution is 0.338. The van der Waals surface area contributed by atoms with Crippen molar-refractivity contribution in [3.8, 4) is 0 Å². The molecule has 1 aliphatic rings. The molecule has 0 amide bonds. The van der Waals surface area contributed by atoms with Crippen LogP contribution in [0.2, 0.25) is 5.02 Å². The van der Waals surface area contributed by atoms with E-state index < -0.39 is 0 Å². The third kappa shape index (κ3) is 2.97. The van der Waals surface area contributed by atoms with Gasteiger partial charge in [0.2, 0.25) is 0 Å². The Labute approximate surface area is 129 Å². The first-order valence-corrected chi connectivity index (χ1v) is 7.50. The summed E-state index contributed by atoms with van der Waals surface area (Å²) in [6.45, 7) is 2.17. The van der Waals surface area contributed by atoms with Gasteiger partial charge in [0.1, 0.15) is 0 Å². The fraction of sp³-hybridized carbons (Fsp3) is 0.333. The summed E-state index contributed by atoms with van der Waals surface area (Å²) < 4.78 is 0. The molecule has 0 spiro atoms. The van der Waals surface area contributed by atoms with E-state index in [2.05, 4.69) is 47.7 Å². The number of halogens is 2. The summed E-state index contributed by atoms with van der Waals surface area (Å²) in [6.07, 6.45) is 1.07. The number of hydrogen-bond acceptors (Lipinski definition) is 2. The van der Waals surface area contributed by atoms with Gasteiger partial charge in [0, 0.05) is 29.3 Å². The Balaban J connectivity index is 0.00000133. The van der Waals surface area contributed by atoms with Crippen molar-refractivity contribution in [3.63, 3.8) is 0 Å². The van der Waals surface area contributed by atoms with E-state index >= 15 is 0 Å².